The Bertz CT molecular complexity index is 499. The summed E-state index contributed by atoms with van der Waals surface area (Å²) in [4.78, 5) is 12.0. The van der Waals surface area contributed by atoms with Crippen LogP contribution in [-0.4, -0.2) is 18.1 Å². The number of nitrogens with one attached hydrogen (secondary N) is 1. The largest absolute Gasteiger partial charge is 0.478 e. The maximum atomic E-state index is 13.7. The fourth-order valence-electron chi connectivity index (χ4n) is 2.39. The lowest BCUT2D eigenvalue weighted by Gasteiger charge is -2.18. The zero-order valence-corrected chi connectivity index (χ0v) is 11.9. The molecule has 0 spiro atoms. The molecule has 1 unspecified atom stereocenters. The van der Waals surface area contributed by atoms with Crippen LogP contribution in [0.4, 0.5) is 10.1 Å². The van der Waals surface area contributed by atoms with E-state index in [-0.39, 0.29) is 17.7 Å². The van der Waals surface area contributed by atoms with Crippen molar-refractivity contribution in [2.24, 2.45) is 0 Å². The minimum absolute atomic E-state index is 0.0609. The summed E-state index contributed by atoms with van der Waals surface area (Å²) in [6.07, 6.45) is 3.58. The SMILES string of the molecule is Cc1cc(OC(C)C(=O)NC2CCCC2)c(F)cc1N. The van der Waals surface area contributed by atoms with Crippen molar-refractivity contribution in [3.8, 4) is 5.75 Å². The van der Waals surface area contributed by atoms with Crippen LogP contribution in [0.3, 0.4) is 0 Å². The first-order chi connectivity index (χ1) is 9.47. The molecule has 110 valence electrons. The minimum atomic E-state index is -0.729. The van der Waals surface area contributed by atoms with Crippen molar-refractivity contribution in [1.29, 1.82) is 0 Å². The third-order valence-corrected chi connectivity index (χ3v) is 3.70. The summed E-state index contributed by atoms with van der Waals surface area (Å²) in [6.45, 7) is 3.39. The minimum Gasteiger partial charge on any atom is -0.478 e. The first-order valence-electron chi connectivity index (χ1n) is 7.00. The predicted octanol–water partition coefficient (Wildman–Crippen LogP) is 2.54. The molecule has 4 nitrogen and oxygen atoms in total. The summed E-state index contributed by atoms with van der Waals surface area (Å²) in [5, 5.41) is 2.93. The van der Waals surface area contributed by atoms with Crippen molar-refractivity contribution >= 4 is 11.6 Å². The number of ether oxygens (including phenoxy) is 1. The van der Waals surface area contributed by atoms with Crippen LogP contribution in [0.15, 0.2) is 12.1 Å². The predicted molar refractivity (Wildman–Crippen MR) is 76.0 cm³/mol. The topological polar surface area (TPSA) is 64.3 Å². The molecular weight excluding hydrogens is 259 g/mol. The number of aryl methyl sites for hydroxylation is 1. The Morgan fingerprint density at radius 1 is 1.45 bits per heavy atom. The highest BCUT2D eigenvalue weighted by Gasteiger charge is 2.22. The van der Waals surface area contributed by atoms with Gasteiger partial charge in [-0.3, -0.25) is 4.79 Å². The Labute approximate surface area is 118 Å². The van der Waals surface area contributed by atoms with Crippen LogP contribution in [0.2, 0.25) is 0 Å². The van der Waals surface area contributed by atoms with Gasteiger partial charge in [0.05, 0.1) is 0 Å². The number of halogens is 1. The second-order valence-electron chi connectivity index (χ2n) is 5.39. The molecule has 1 aliphatic carbocycles. The van der Waals surface area contributed by atoms with Gasteiger partial charge in [-0.05, 0) is 38.3 Å². The van der Waals surface area contributed by atoms with Gasteiger partial charge in [0.1, 0.15) is 0 Å². The van der Waals surface area contributed by atoms with E-state index in [1.54, 1.807) is 13.8 Å². The molecule has 0 aliphatic heterocycles. The van der Waals surface area contributed by atoms with Gasteiger partial charge in [-0.15, -0.1) is 0 Å². The molecule has 1 fully saturated rings. The maximum absolute atomic E-state index is 13.7. The summed E-state index contributed by atoms with van der Waals surface area (Å²) in [5.74, 6) is -0.690. The van der Waals surface area contributed by atoms with Crippen molar-refractivity contribution in [3.05, 3.63) is 23.5 Å². The van der Waals surface area contributed by atoms with E-state index in [4.69, 9.17) is 10.5 Å². The molecule has 20 heavy (non-hydrogen) atoms. The smallest absolute Gasteiger partial charge is 0.260 e. The first kappa shape index (κ1) is 14.6. The van der Waals surface area contributed by atoms with Crippen molar-refractivity contribution in [2.75, 3.05) is 5.73 Å². The summed E-state index contributed by atoms with van der Waals surface area (Å²) in [6, 6.07) is 2.96. The van der Waals surface area contributed by atoms with Gasteiger partial charge >= 0.3 is 0 Å². The number of hydrogen-bond acceptors (Lipinski definition) is 3. The molecule has 0 heterocycles. The van der Waals surface area contributed by atoms with E-state index >= 15 is 0 Å². The van der Waals surface area contributed by atoms with Crippen LogP contribution in [0.5, 0.6) is 5.75 Å². The summed E-state index contributed by atoms with van der Waals surface area (Å²) in [7, 11) is 0. The number of nitrogens with two attached hydrogens (primary N) is 1. The first-order valence-corrected chi connectivity index (χ1v) is 7.00. The number of nitrogen functional groups attached to an aromatic ring is 1. The third kappa shape index (κ3) is 3.40. The van der Waals surface area contributed by atoms with Crippen molar-refractivity contribution < 1.29 is 13.9 Å². The molecule has 0 radical (unpaired) electrons. The number of anilines is 1. The van der Waals surface area contributed by atoms with E-state index in [0.717, 1.165) is 31.2 Å². The van der Waals surface area contributed by atoms with Gasteiger partial charge in [-0.25, -0.2) is 4.39 Å². The van der Waals surface area contributed by atoms with E-state index in [1.807, 2.05) is 0 Å². The third-order valence-electron chi connectivity index (χ3n) is 3.70. The second kappa shape index (κ2) is 6.11. The average molecular weight is 280 g/mol. The lowest BCUT2D eigenvalue weighted by Crippen LogP contribution is -2.41. The zero-order valence-electron chi connectivity index (χ0n) is 11.9. The number of carbonyl (C=O) groups is 1. The number of benzene rings is 1. The average Bonchev–Trinajstić information content (AvgIpc) is 2.88. The van der Waals surface area contributed by atoms with Crippen LogP contribution in [0.25, 0.3) is 0 Å². The fourth-order valence-corrected chi connectivity index (χ4v) is 2.39. The molecule has 0 saturated heterocycles. The quantitative estimate of drug-likeness (QED) is 0.833. The zero-order chi connectivity index (χ0) is 14.7. The Morgan fingerprint density at radius 3 is 2.75 bits per heavy atom. The summed E-state index contributed by atoms with van der Waals surface area (Å²) in [5.41, 5.74) is 6.71. The van der Waals surface area contributed by atoms with Gasteiger partial charge in [0.25, 0.3) is 5.91 Å². The lowest BCUT2D eigenvalue weighted by molar-refractivity contribution is -0.128. The van der Waals surface area contributed by atoms with Gasteiger partial charge in [0.2, 0.25) is 0 Å². The highest BCUT2D eigenvalue weighted by atomic mass is 19.1. The molecule has 1 atom stereocenters. The molecule has 0 bridgehead atoms. The van der Waals surface area contributed by atoms with Crippen molar-refractivity contribution in [2.45, 2.75) is 51.7 Å². The van der Waals surface area contributed by atoms with Crippen LogP contribution in [0, 0.1) is 12.7 Å². The molecule has 1 aromatic rings. The number of rotatable bonds is 4. The Kier molecular flexibility index (Phi) is 4.47. The van der Waals surface area contributed by atoms with Gasteiger partial charge in [0, 0.05) is 17.8 Å². The van der Waals surface area contributed by atoms with Crippen LogP contribution in [-0.2, 0) is 4.79 Å². The van der Waals surface area contributed by atoms with E-state index in [0.29, 0.717) is 5.69 Å². The molecule has 3 N–H and O–H groups in total. The van der Waals surface area contributed by atoms with E-state index < -0.39 is 11.9 Å². The van der Waals surface area contributed by atoms with Crippen LogP contribution >= 0.6 is 0 Å². The molecule has 1 saturated carbocycles. The highest BCUT2D eigenvalue weighted by molar-refractivity contribution is 5.81. The second-order valence-corrected chi connectivity index (χ2v) is 5.39. The van der Waals surface area contributed by atoms with Crippen LogP contribution in [0.1, 0.15) is 38.2 Å². The number of carbonyl (C=O) groups excluding carboxylic acids is 1. The lowest BCUT2D eigenvalue weighted by atomic mass is 10.2. The molecule has 2 rings (SSSR count). The molecule has 1 amide bonds. The monoisotopic (exact) mass is 280 g/mol. The van der Waals surface area contributed by atoms with Crippen LogP contribution < -0.4 is 15.8 Å². The summed E-state index contributed by atoms with van der Waals surface area (Å²) < 4.78 is 19.1. The number of amides is 1. The van der Waals surface area contributed by atoms with E-state index in [1.165, 1.54) is 12.1 Å². The van der Waals surface area contributed by atoms with Gasteiger partial charge in [-0.1, -0.05) is 12.8 Å². The Hall–Kier alpha value is -1.78. The normalized spacial score (nSPS) is 16.9. The molecule has 5 heteroatoms. The summed E-state index contributed by atoms with van der Waals surface area (Å²) >= 11 is 0. The number of hydrogen-bond donors (Lipinski definition) is 2. The standard InChI is InChI=1S/C15H21FN2O2/c1-9-7-14(12(16)8-13(9)17)20-10(2)15(19)18-11-5-3-4-6-11/h7-8,10-11H,3-6,17H2,1-2H3,(H,18,19). The van der Waals surface area contributed by atoms with Gasteiger partial charge in [0.15, 0.2) is 17.7 Å². The van der Waals surface area contributed by atoms with E-state index in [9.17, 15) is 9.18 Å². The molecule has 1 aromatic carbocycles. The van der Waals surface area contributed by atoms with Gasteiger partial charge < -0.3 is 15.8 Å². The Balaban J connectivity index is 1.98. The molecule has 1 aliphatic rings. The van der Waals surface area contributed by atoms with Gasteiger partial charge in [-0.2, -0.15) is 0 Å². The van der Waals surface area contributed by atoms with Crippen molar-refractivity contribution in [1.82, 2.24) is 5.32 Å². The molecule has 0 aromatic heterocycles. The highest BCUT2D eigenvalue weighted by Crippen LogP contribution is 2.24. The van der Waals surface area contributed by atoms with Crippen molar-refractivity contribution in [3.63, 3.8) is 0 Å². The molecular formula is C15H21FN2O2. The Morgan fingerprint density at radius 2 is 2.10 bits per heavy atom. The fraction of sp³-hybridized carbons (Fsp3) is 0.533. The maximum Gasteiger partial charge on any atom is 0.260 e. The van der Waals surface area contributed by atoms with E-state index in [2.05, 4.69) is 5.32 Å².